The first-order valence-electron chi connectivity index (χ1n) is 6.36. The van der Waals surface area contributed by atoms with E-state index in [4.69, 9.17) is 27.7 Å². The third kappa shape index (κ3) is 3.91. The fraction of sp³-hybridized carbons (Fsp3) is 0.125. The predicted molar refractivity (Wildman–Crippen MR) is 90.1 cm³/mol. The minimum atomic E-state index is -3.26. The SMILES string of the molecule is Cc1ccc(P(=O)(OC=C(Cl)Cl)c2ccc(C)cc2)cc1. The normalized spacial score (nSPS) is 11.0. The van der Waals surface area contributed by atoms with Gasteiger partial charge in [-0.15, -0.1) is 0 Å². The quantitative estimate of drug-likeness (QED) is 0.588. The third-order valence-corrected chi connectivity index (χ3v) is 5.57. The summed E-state index contributed by atoms with van der Waals surface area (Å²) in [5.41, 5.74) is 2.17. The van der Waals surface area contributed by atoms with E-state index in [1.807, 2.05) is 38.1 Å². The van der Waals surface area contributed by atoms with Crippen molar-refractivity contribution in [2.75, 3.05) is 0 Å². The van der Waals surface area contributed by atoms with Crippen molar-refractivity contribution in [2.24, 2.45) is 0 Å². The summed E-state index contributed by atoms with van der Waals surface area (Å²) in [6.07, 6.45) is 1.11. The maximum absolute atomic E-state index is 13.4. The molecule has 0 aliphatic carbocycles. The van der Waals surface area contributed by atoms with E-state index in [-0.39, 0.29) is 4.49 Å². The second-order valence-electron chi connectivity index (χ2n) is 4.74. The van der Waals surface area contributed by atoms with Crippen LogP contribution < -0.4 is 10.6 Å². The van der Waals surface area contributed by atoms with E-state index in [0.717, 1.165) is 17.4 Å². The second-order valence-corrected chi connectivity index (χ2v) is 8.09. The van der Waals surface area contributed by atoms with Crippen LogP contribution in [0.5, 0.6) is 0 Å². The average molecular weight is 341 g/mol. The van der Waals surface area contributed by atoms with Gasteiger partial charge in [-0.05, 0) is 38.1 Å². The molecule has 0 aliphatic rings. The van der Waals surface area contributed by atoms with Gasteiger partial charge in [0, 0.05) is 0 Å². The molecule has 2 aromatic carbocycles. The maximum atomic E-state index is 13.4. The Kier molecular flexibility index (Phi) is 5.16. The first-order valence-corrected chi connectivity index (χ1v) is 8.74. The Balaban J connectivity index is 2.53. The highest BCUT2D eigenvalue weighted by atomic mass is 35.5. The number of halogens is 2. The monoisotopic (exact) mass is 340 g/mol. The Morgan fingerprint density at radius 3 is 1.62 bits per heavy atom. The van der Waals surface area contributed by atoms with Gasteiger partial charge >= 0.3 is 7.37 Å². The summed E-state index contributed by atoms with van der Waals surface area (Å²) in [6, 6.07) is 14.8. The van der Waals surface area contributed by atoms with Gasteiger partial charge in [0.2, 0.25) is 0 Å². The van der Waals surface area contributed by atoms with Gasteiger partial charge in [0.15, 0.2) is 0 Å². The fourth-order valence-electron chi connectivity index (χ4n) is 1.87. The summed E-state index contributed by atoms with van der Waals surface area (Å²) in [7, 11) is -3.26. The van der Waals surface area contributed by atoms with E-state index in [1.54, 1.807) is 24.3 Å². The summed E-state index contributed by atoms with van der Waals surface area (Å²) in [4.78, 5) is 0. The van der Waals surface area contributed by atoms with Crippen molar-refractivity contribution >= 4 is 41.2 Å². The zero-order valence-corrected chi connectivity index (χ0v) is 14.1. The van der Waals surface area contributed by atoms with Crippen molar-refractivity contribution in [3.8, 4) is 0 Å². The standard InChI is InChI=1S/C16H15Cl2O2P/c1-12-3-7-14(8-4-12)21(19,20-11-16(17)18)15-9-5-13(2)6-10-15/h3-11H,1-2H3. The van der Waals surface area contributed by atoms with E-state index in [2.05, 4.69) is 0 Å². The summed E-state index contributed by atoms with van der Waals surface area (Å²) in [5, 5.41) is 1.20. The molecular formula is C16H15Cl2O2P. The smallest absolute Gasteiger partial charge is 0.306 e. The van der Waals surface area contributed by atoms with Gasteiger partial charge < -0.3 is 4.52 Å². The Morgan fingerprint density at radius 2 is 1.29 bits per heavy atom. The van der Waals surface area contributed by atoms with Crippen LogP contribution in [0.3, 0.4) is 0 Å². The Bertz CT molecular complexity index is 638. The van der Waals surface area contributed by atoms with E-state index >= 15 is 0 Å². The van der Waals surface area contributed by atoms with Crippen LogP contribution in [0, 0.1) is 13.8 Å². The van der Waals surface area contributed by atoms with Crippen LogP contribution in [0.1, 0.15) is 11.1 Å². The van der Waals surface area contributed by atoms with Crippen LogP contribution >= 0.6 is 30.6 Å². The molecule has 0 fully saturated rings. The van der Waals surface area contributed by atoms with Crippen molar-refractivity contribution in [3.05, 3.63) is 70.4 Å². The van der Waals surface area contributed by atoms with Crippen molar-refractivity contribution < 1.29 is 9.09 Å². The lowest BCUT2D eigenvalue weighted by Crippen LogP contribution is -2.17. The molecule has 0 radical (unpaired) electrons. The first-order chi connectivity index (χ1) is 9.91. The van der Waals surface area contributed by atoms with Crippen molar-refractivity contribution in [2.45, 2.75) is 13.8 Å². The molecule has 0 bridgehead atoms. The summed E-state index contributed by atoms with van der Waals surface area (Å²) in [6.45, 7) is 3.94. The molecule has 0 spiro atoms. The minimum absolute atomic E-state index is 0.0746. The molecule has 5 heteroatoms. The van der Waals surface area contributed by atoms with E-state index in [9.17, 15) is 4.57 Å². The predicted octanol–water partition coefficient (Wildman–Crippen LogP) is 4.83. The van der Waals surface area contributed by atoms with Gasteiger partial charge in [-0.25, -0.2) is 0 Å². The molecule has 0 aromatic heterocycles. The molecule has 0 aliphatic heterocycles. The molecule has 2 nitrogen and oxygen atoms in total. The molecule has 110 valence electrons. The van der Waals surface area contributed by atoms with E-state index in [0.29, 0.717) is 10.6 Å². The molecule has 0 unspecified atom stereocenters. The molecule has 0 atom stereocenters. The van der Waals surface area contributed by atoms with Crippen molar-refractivity contribution in [1.29, 1.82) is 0 Å². The molecule has 0 heterocycles. The van der Waals surface area contributed by atoms with Crippen LogP contribution in [-0.4, -0.2) is 0 Å². The van der Waals surface area contributed by atoms with Crippen LogP contribution in [-0.2, 0) is 9.09 Å². The number of aryl methyl sites for hydroxylation is 2. The highest BCUT2D eigenvalue weighted by Gasteiger charge is 2.28. The molecule has 0 saturated heterocycles. The first kappa shape index (κ1) is 16.2. The Morgan fingerprint density at radius 1 is 0.905 bits per heavy atom. The lowest BCUT2D eigenvalue weighted by molar-refractivity contribution is 0.460. The molecule has 21 heavy (non-hydrogen) atoms. The summed E-state index contributed by atoms with van der Waals surface area (Å²) in [5.74, 6) is 0. The molecule has 2 aromatic rings. The molecule has 2 rings (SSSR count). The molecule has 0 N–H and O–H groups in total. The van der Waals surface area contributed by atoms with Crippen LogP contribution in [0.2, 0.25) is 0 Å². The van der Waals surface area contributed by atoms with Gasteiger partial charge in [0.05, 0.1) is 10.6 Å². The lowest BCUT2D eigenvalue weighted by atomic mass is 10.2. The molecule has 0 amide bonds. The number of hydrogen-bond acceptors (Lipinski definition) is 2. The van der Waals surface area contributed by atoms with Gasteiger partial charge in [0.1, 0.15) is 10.8 Å². The second kappa shape index (κ2) is 6.70. The topological polar surface area (TPSA) is 26.3 Å². The van der Waals surface area contributed by atoms with Crippen molar-refractivity contribution in [1.82, 2.24) is 0 Å². The molecule has 0 saturated carbocycles. The Labute approximate surface area is 134 Å². The van der Waals surface area contributed by atoms with Gasteiger partial charge in [-0.2, -0.15) is 0 Å². The number of benzene rings is 2. The maximum Gasteiger partial charge on any atom is 0.306 e. The minimum Gasteiger partial charge on any atom is -0.442 e. The Hall–Kier alpha value is -1.21. The third-order valence-electron chi connectivity index (χ3n) is 3.04. The van der Waals surface area contributed by atoms with Gasteiger partial charge in [0.25, 0.3) is 0 Å². The average Bonchev–Trinajstić information content (AvgIpc) is 2.46. The summed E-state index contributed by atoms with van der Waals surface area (Å²) >= 11 is 11.2. The fourth-order valence-corrected chi connectivity index (χ4v) is 3.96. The summed E-state index contributed by atoms with van der Waals surface area (Å²) < 4.78 is 18.8. The zero-order valence-electron chi connectivity index (χ0n) is 11.7. The van der Waals surface area contributed by atoms with E-state index in [1.165, 1.54) is 0 Å². The van der Waals surface area contributed by atoms with Gasteiger partial charge in [-0.1, -0.05) is 58.6 Å². The van der Waals surface area contributed by atoms with Gasteiger partial charge in [-0.3, -0.25) is 4.57 Å². The highest BCUT2D eigenvalue weighted by molar-refractivity contribution is 7.74. The van der Waals surface area contributed by atoms with E-state index < -0.39 is 7.37 Å². The molecular weight excluding hydrogens is 326 g/mol. The van der Waals surface area contributed by atoms with Crippen LogP contribution in [0.4, 0.5) is 0 Å². The van der Waals surface area contributed by atoms with Crippen molar-refractivity contribution in [3.63, 3.8) is 0 Å². The largest absolute Gasteiger partial charge is 0.442 e. The lowest BCUT2D eigenvalue weighted by Gasteiger charge is -2.18. The van der Waals surface area contributed by atoms with Crippen LogP contribution in [0.15, 0.2) is 59.3 Å². The zero-order chi connectivity index (χ0) is 15.5. The number of hydrogen-bond donors (Lipinski definition) is 0. The number of rotatable bonds is 4. The highest BCUT2D eigenvalue weighted by Crippen LogP contribution is 2.45. The van der Waals surface area contributed by atoms with Crippen LogP contribution in [0.25, 0.3) is 0 Å².